The minimum Gasteiger partial charge on any atom is -0.320 e. The third-order valence-corrected chi connectivity index (χ3v) is 5.28. The summed E-state index contributed by atoms with van der Waals surface area (Å²) in [7, 11) is 0. The second kappa shape index (κ2) is 8.26. The van der Waals surface area contributed by atoms with Crippen LogP contribution in [0.5, 0.6) is 0 Å². The van der Waals surface area contributed by atoms with Gasteiger partial charge in [-0.2, -0.15) is 0 Å². The molecular formula is C23H23N5O4. The highest BCUT2D eigenvalue weighted by Crippen LogP contribution is 2.19. The van der Waals surface area contributed by atoms with Crippen molar-refractivity contribution in [2.75, 3.05) is 0 Å². The summed E-state index contributed by atoms with van der Waals surface area (Å²) in [6.07, 6.45) is 1.50. The molecule has 0 unspecified atom stereocenters. The largest absolute Gasteiger partial charge is 0.337 e. The van der Waals surface area contributed by atoms with Crippen LogP contribution in [0.2, 0.25) is 0 Å². The third-order valence-electron chi connectivity index (χ3n) is 5.28. The maximum atomic E-state index is 13.4. The monoisotopic (exact) mass is 433 g/mol. The predicted octanol–water partition coefficient (Wildman–Crippen LogP) is 3.27. The predicted molar refractivity (Wildman–Crippen MR) is 121 cm³/mol. The number of nitro benzene ring substituents is 1. The highest BCUT2D eigenvalue weighted by atomic mass is 16.6. The van der Waals surface area contributed by atoms with E-state index >= 15 is 0 Å². The standard InChI is InChI=1S/C23H23N5O4/c1-15(2)12-26-22(29)20-21(27(23(26)30)19-10-5-4-7-16(19)3)24-14-25(20)13-17-8-6-9-18(11-17)28(31)32/h4-11,14-15H,12-13H2,1-3H3. The fraction of sp³-hybridized carbons (Fsp3) is 0.261. The van der Waals surface area contributed by atoms with Crippen LogP contribution in [0.4, 0.5) is 5.69 Å². The zero-order chi connectivity index (χ0) is 23.0. The van der Waals surface area contributed by atoms with E-state index in [1.807, 2.05) is 45.0 Å². The molecule has 32 heavy (non-hydrogen) atoms. The summed E-state index contributed by atoms with van der Waals surface area (Å²) in [5, 5.41) is 11.1. The fourth-order valence-corrected chi connectivity index (χ4v) is 3.82. The lowest BCUT2D eigenvalue weighted by Crippen LogP contribution is -2.41. The molecule has 2 aromatic heterocycles. The van der Waals surface area contributed by atoms with Crippen molar-refractivity contribution >= 4 is 16.9 Å². The molecular weight excluding hydrogens is 410 g/mol. The second-order valence-electron chi connectivity index (χ2n) is 8.19. The number of rotatable bonds is 6. The molecule has 0 fully saturated rings. The van der Waals surface area contributed by atoms with Crippen LogP contribution in [0.25, 0.3) is 16.9 Å². The average molecular weight is 433 g/mol. The van der Waals surface area contributed by atoms with Crippen molar-refractivity contribution in [1.82, 2.24) is 18.7 Å². The van der Waals surface area contributed by atoms with E-state index in [0.29, 0.717) is 11.3 Å². The van der Waals surface area contributed by atoms with Gasteiger partial charge in [-0.15, -0.1) is 0 Å². The smallest absolute Gasteiger partial charge is 0.320 e. The molecule has 0 saturated carbocycles. The lowest BCUT2D eigenvalue weighted by Gasteiger charge is -2.15. The molecule has 4 rings (SSSR count). The Kier molecular flexibility index (Phi) is 5.48. The Balaban J connectivity index is 1.98. The first-order chi connectivity index (χ1) is 15.3. The van der Waals surface area contributed by atoms with Crippen molar-refractivity contribution in [1.29, 1.82) is 0 Å². The summed E-state index contributed by atoms with van der Waals surface area (Å²) in [5.41, 5.74) is 1.83. The average Bonchev–Trinajstić information content (AvgIpc) is 3.16. The van der Waals surface area contributed by atoms with E-state index in [0.717, 1.165) is 5.56 Å². The van der Waals surface area contributed by atoms with Gasteiger partial charge in [-0.3, -0.25) is 19.5 Å². The third kappa shape index (κ3) is 3.73. The topological polar surface area (TPSA) is 105 Å². The Morgan fingerprint density at radius 1 is 1.09 bits per heavy atom. The number of benzene rings is 2. The number of hydrogen-bond acceptors (Lipinski definition) is 5. The molecule has 0 aliphatic carbocycles. The van der Waals surface area contributed by atoms with Gasteiger partial charge < -0.3 is 4.57 Å². The molecule has 9 heteroatoms. The molecule has 0 bridgehead atoms. The normalized spacial score (nSPS) is 11.4. The SMILES string of the molecule is Cc1ccccc1-n1c(=O)n(CC(C)C)c(=O)c2c1ncn2Cc1cccc([N+](=O)[O-])c1. The summed E-state index contributed by atoms with van der Waals surface area (Å²) in [6, 6.07) is 13.7. The zero-order valence-electron chi connectivity index (χ0n) is 18.1. The number of hydrogen-bond donors (Lipinski definition) is 0. The molecule has 0 amide bonds. The lowest BCUT2D eigenvalue weighted by molar-refractivity contribution is -0.384. The number of aromatic nitrogens is 4. The first-order valence-electron chi connectivity index (χ1n) is 10.3. The molecule has 0 aliphatic heterocycles. The fourth-order valence-electron chi connectivity index (χ4n) is 3.82. The van der Waals surface area contributed by atoms with Gasteiger partial charge in [0.05, 0.1) is 16.9 Å². The van der Waals surface area contributed by atoms with Crippen LogP contribution in [-0.2, 0) is 13.1 Å². The highest BCUT2D eigenvalue weighted by Gasteiger charge is 2.21. The number of non-ortho nitro benzene ring substituents is 1. The van der Waals surface area contributed by atoms with E-state index in [-0.39, 0.29) is 35.9 Å². The maximum absolute atomic E-state index is 13.4. The number of aryl methyl sites for hydroxylation is 1. The summed E-state index contributed by atoms with van der Waals surface area (Å²) in [6.45, 7) is 6.25. The van der Waals surface area contributed by atoms with E-state index in [1.165, 1.54) is 27.6 Å². The van der Waals surface area contributed by atoms with Gasteiger partial charge in [0.15, 0.2) is 11.2 Å². The summed E-state index contributed by atoms with van der Waals surface area (Å²) >= 11 is 0. The molecule has 0 N–H and O–H groups in total. The number of para-hydroxylation sites is 1. The molecule has 164 valence electrons. The van der Waals surface area contributed by atoms with Gasteiger partial charge in [0, 0.05) is 25.2 Å². The Morgan fingerprint density at radius 3 is 2.53 bits per heavy atom. The first-order valence-corrected chi connectivity index (χ1v) is 10.3. The summed E-state index contributed by atoms with van der Waals surface area (Å²) < 4.78 is 4.35. The van der Waals surface area contributed by atoms with Gasteiger partial charge in [-0.05, 0) is 30.0 Å². The van der Waals surface area contributed by atoms with Gasteiger partial charge in [-0.25, -0.2) is 14.3 Å². The molecule has 2 aromatic carbocycles. The van der Waals surface area contributed by atoms with Crippen LogP contribution in [0.15, 0.2) is 64.4 Å². The number of nitrogens with zero attached hydrogens (tertiary/aromatic N) is 5. The minimum absolute atomic E-state index is 0.0269. The van der Waals surface area contributed by atoms with Crippen molar-refractivity contribution in [3.63, 3.8) is 0 Å². The molecule has 0 atom stereocenters. The van der Waals surface area contributed by atoms with E-state index in [9.17, 15) is 19.7 Å². The minimum atomic E-state index is -0.457. The number of nitro groups is 1. The van der Waals surface area contributed by atoms with E-state index < -0.39 is 16.2 Å². The molecule has 0 radical (unpaired) electrons. The summed E-state index contributed by atoms with van der Waals surface area (Å²) in [5.74, 6) is 0.0799. The molecule has 9 nitrogen and oxygen atoms in total. The molecule has 4 aromatic rings. The van der Waals surface area contributed by atoms with Crippen LogP contribution in [0.3, 0.4) is 0 Å². The van der Waals surface area contributed by atoms with Crippen LogP contribution in [0.1, 0.15) is 25.0 Å². The van der Waals surface area contributed by atoms with Gasteiger partial charge >= 0.3 is 5.69 Å². The van der Waals surface area contributed by atoms with Crippen LogP contribution < -0.4 is 11.2 Å². The van der Waals surface area contributed by atoms with E-state index in [4.69, 9.17) is 0 Å². The van der Waals surface area contributed by atoms with Crippen molar-refractivity contribution in [2.45, 2.75) is 33.9 Å². The van der Waals surface area contributed by atoms with Crippen LogP contribution >= 0.6 is 0 Å². The van der Waals surface area contributed by atoms with Crippen LogP contribution in [-0.4, -0.2) is 23.6 Å². The summed E-state index contributed by atoms with van der Waals surface area (Å²) in [4.78, 5) is 41.9. The molecule has 0 spiro atoms. The van der Waals surface area contributed by atoms with Crippen molar-refractivity contribution in [2.24, 2.45) is 5.92 Å². The molecule has 2 heterocycles. The highest BCUT2D eigenvalue weighted by molar-refractivity contribution is 5.73. The van der Waals surface area contributed by atoms with Crippen molar-refractivity contribution < 1.29 is 4.92 Å². The van der Waals surface area contributed by atoms with E-state index in [1.54, 1.807) is 16.7 Å². The van der Waals surface area contributed by atoms with Gasteiger partial charge in [-0.1, -0.05) is 44.2 Å². The molecule has 0 aliphatic rings. The van der Waals surface area contributed by atoms with E-state index in [2.05, 4.69) is 4.98 Å². The lowest BCUT2D eigenvalue weighted by atomic mass is 10.2. The van der Waals surface area contributed by atoms with Gasteiger partial charge in [0.1, 0.15) is 0 Å². The van der Waals surface area contributed by atoms with Crippen LogP contribution in [0, 0.1) is 23.0 Å². The quantitative estimate of drug-likeness (QED) is 0.343. The number of fused-ring (bicyclic) bond motifs is 1. The zero-order valence-corrected chi connectivity index (χ0v) is 18.1. The Labute approximate surface area is 183 Å². The number of imidazole rings is 1. The maximum Gasteiger partial charge on any atom is 0.337 e. The Bertz CT molecular complexity index is 1450. The first kappa shape index (κ1) is 21.2. The Morgan fingerprint density at radius 2 is 1.84 bits per heavy atom. The Hall–Kier alpha value is -4.01. The van der Waals surface area contributed by atoms with Crippen molar-refractivity contribution in [3.8, 4) is 5.69 Å². The van der Waals surface area contributed by atoms with Gasteiger partial charge in [0.25, 0.3) is 11.2 Å². The van der Waals surface area contributed by atoms with Crippen molar-refractivity contribution in [3.05, 3.63) is 96.9 Å². The molecule has 0 saturated heterocycles. The second-order valence-corrected chi connectivity index (χ2v) is 8.19. The van der Waals surface area contributed by atoms with Gasteiger partial charge in [0.2, 0.25) is 0 Å².